The first-order chi connectivity index (χ1) is 13.7. The molecular formula is C20H20F3N3O2S. The van der Waals surface area contributed by atoms with Crippen LogP contribution in [0.4, 0.5) is 13.2 Å². The van der Waals surface area contributed by atoms with Gasteiger partial charge in [-0.2, -0.15) is 5.10 Å². The molecule has 0 saturated carbocycles. The van der Waals surface area contributed by atoms with Gasteiger partial charge in [0.05, 0.1) is 11.4 Å². The fourth-order valence-corrected chi connectivity index (χ4v) is 4.29. The summed E-state index contributed by atoms with van der Waals surface area (Å²) in [5.74, 6) is -2.17. The van der Waals surface area contributed by atoms with E-state index in [4.69, 9.17) is 0 Å². The van der Waals surface area contributed by atoms with Gasteiger partial charge in [-0.3, -0.25) is 4.68 Å². The lowest BCUT2D eigenvalue weighted by Crippen LogP contribution is -2.29. The fraction of sp³-hybridized carbons (Fsp3) is 0.250. The Morgan fingerprint density at radius 3 is 2.48 bits per heavy atom. The molecule has 0 unspecified atom stereocenters. The summed E-state index contributed by atoms with van der Waals surface area (Å²) in [6.07, 6.45) is 0.890. The molecule has 0 fully saturated rings. The first-order valence-electron chi connectivity index (χ1n) is 8.89. The van der Waals surface area contributed by atoms with Gasteiger partial charge in [0, 0.05) is 26.2 Å². The van der Waals surface area contributed by atoms with E-state index in [-0.39, 0.29) is 12.4 Å². The highest BCUT2D eigenvalue weighted by atomic mass is 32.2. The van der Waals surface area contributed by atoms with Gasteiger partial charge in [0.25, 0.3) is 0 Å². The van der Waals surface area contributed by atoms with E-state index in [0.29, 0.717) is 24.5 Å². The summed E-state index contributed by atoms with van der Waals surface area (Å²) >= 11 is 0. The highest BCUT2D eigenvalue weighted by Gasteiger charge is 2.25. The minimum Gasteiger partial charge on any atom is -0.268 e. The molecule has 0 atom stereocenters. The lowest BCUT2D eigenvalue weighted by molar-refractivity contribution is 0.452. The van der Waals surface area contributed by atoms with Crippen molar-refractivity contribution in [1.29, 1.82) is 0 Å². The smallest absolute Gasteiger partial charge is 0.245 e. The minimum absolute atomic E-state index is 0.101. The SMILES string of the molecule is CN(CCCc1cc(-c2cccc(F)c2)n(C)n1)S(=O)(=O)c1cc(F)ccc1F. The Labute approximate surface area is 167 Å². The number of nitrogens with zero attached hydrogens (tertiary/aromatic N) is 3. The number of hydrogen-bond acceptors (Lipinski definition) is 3. The van der Waals surface area contributed by atoms with Crippen molar-refractivity contribution in [2.24, 2.45) is 7.05 Å². The van der Waals surface area contributed by atoms with Crippen LogP contribution >= 0.6 is 0 Å². The van der Waals surface area contributed by atoms with Crippen LogP contribution in [0.2, 0.25) is 0 Å². The normalized spacial score (nSPS) is 11.9. The van der Waals surface area contributed by atoms with E-state index in [1.54, 1.807) is 23.9 Å². The Kier molecular flexibility index (Phi) is 6.09. The first kappa shape index (κ1) is 21.1. The molecule has 0 aliphatic rings. The Morgan fingerprint density at radius 1 is 1.03 bits per heavy atom. The quantitative estimate of drug-likeness (QED) is 0.582. The predicted octanol–water partition coefficient (Wildman–Crippen LogP) is 3.76. The predicted molar refractivity (Wildman–Crippen MR) is 103 cm³/mol. The second-order valence-corrected chi connectivity index (χ2v) is 8.67. The van der Waals surface area contributed by atoms with E-state index < -0.39 is 26.6 Å². The van der Waals surface area contributed by atoms with Crippen LogP contribution in [0.1, 0.15) is 12.1 Å². The number of aryl methyl sites for hydroxylation is 2. The maximum atomic E-state index is 13.8. The molecule has 0 radical (unpaired) electrons. The van der Waals surface area contributed by atoms with E-state index >= 15 is 0 Å². The third kappa shape index (κ3) is 4.68. The third-order valence-corrected chi connectivity index (χ3v) is 6.41. The molecular weight excluding hydrogens is 403 g/mol. The monoisotopic (exact) mass is 423 g/mol. The Bertz CT molecular complexity index is 1130. The van der Waals surface area contributed by atoms with E-state index in [0.717, 1.165) is 27.8 Å². The van der Waals surface area contributed by atoms with Crippen molar-refractivity contribution in [1.82, 2.24) is 14.1 Å². The highest BCUT2D eigenvalue weighted by Crippen LogP contribution is 2.22. The molecule has 0 saturated heterocycles. The first-order valence-corrected chi connectivity index (χ1v) is 10.3. The summed E-state index contributed by atoms with van der Waals surface area (Å²) in [6, 6.07) is 10.3. The van der Waals surface area contributed by atoms with Gasteiger partial charge < -0.3 is 0 Å². The average molecular weight is 423 g/mol. The van der Waals surface area contributed by atoms with E-state index in [2.05, 4.69) is 5.10 Å². The fourth-order valence-electron chi connectivity index (χ4n) is 3.01. The topological polar surface area (TPSA) is 55.2 Å². The van der Waals surface area contributed by atoms with Crippen molar-refractivity contribution >= 4 is 10.0 Å². The van der Waals surface area contributed by atoms with Gasteiger partial charge in [0.15, 0.2) is 0 Å². The van der Waals surface area contributed by atoms with E-state index in [1.807, 2.05) is 6.07 Å². The Balaban J connectivity index is 1.67. The summed E-state index contributed by atoms with van der Waals surface area (Å²) in [5.41, 5.74) is 2.14. The molecule has 0 aliphatic heterocycles. The largest absolute Gasteiger partial charge is 0.268 e. The molecule has 9 heteroatoms. The standard InChI is InChI=1S/C20H20F3N3O2S/c1-25(29(27,28)20-12-16(22)8-9-18(20)23)10-4-7-17-13-19(26(2)24-17)14-5-3-6-15(21)11-14/h3,5-6,8-9,11-13H,4,7,10H2,1-2H3. The van der Waals surface area contributed by atoms with Crippen LogP contribution in [0.5, 0.6) is 0 Å². The van der Waals surface area contributed by atoms with Gasteiger partial charge in [-0.15, -0.1) is 0 Å². The van der Waals surface area contributed by atoms with Gasteiger partial charge in [-0.05, 0) is 49.2 Å². The molecule has 0 bridgehead atoms. The van der Waals surface area contributed by atoms with Crippen LogP contribution in [-0.4, -0.2) is 36.1 Å². The highest BCUT2D eigenvalue weighted by molar-refractivity contribution is 7.89. The Hall–Kier alpha value is -2.65. The van der Waals surface area contributed by atoms with Crippen LogP contribution < -0.4 is 0 Å². The molecule has 29 heavy (non-hydrogen) atoms. The van der Waals surface area contributed by atoms with Crippen LogP contribution in [-0.2, 0) is 23.5 Å². The number of aromatic nitrogens is 2. The maximum Gasteiger partial charge on any atom is 0.245 e. The van der Waals surface area contributed by atoms with Crippen LogP contribution in [0.15, 0.2) is 53.4 Å². The molecule has 3 rings (SSSR count). The van der Waals surface area contributed by atoms with Crippen molar-refractivity contribution in [3.05, 3.63) is 71.7 Å². The number of hydrogen-bond donors (Lipinski definition) is 0. The van der Waals surface area contributed by atoms with Crippen LogP contribution in [0, 0.1) is 17.5 Å². The number of rotatable bonds is 7. The second kappa shape index (κ2) is 8.38. The molecule has 1 heterocycles. The van der Waals surface area contributed by atoms with Gasteiger partial charge in [0.2, 0.25) is 10.0 Å². The Morgan fingerprint density at radius 2 is 1.76 bits per heavy atom. The molecule has 0 spiro atoms. The van der Waals surface area contributed by atoms with Gasteiger partial charge in [-0.1, -0.05) is 12.1 Å². The third-order valence-electron chi connectivity index (χ3n) is 4.54. The van der Waals surface area contributed by atoms with Crippen LogP contribution in [0.25, 0.3) is 11.3 Å². The van der Waals surface area contributed by atoms with Gasteiger partial charge in [0.1, 0.15) is 22.3 Å². The molecule has 3 aromatic rings. The molecule has 0 amide bonds. The average Bonchev–Trinajstić information content (AvgIpc) is 3.04. The van der Waals surface area contributed by atoms with Gasteiger partial charge >= 0.3 is 0 Å². The zero-order chi connectivity index (χ0) is 21.2. The van der Waals surface area contributed by atoms with Crippen molar-refractivity contribution in [2.45, 2.75) is 17.7 Å². The molecule has 0 N–H and O–H groups in total. The lowest BCUT2D eigenvalue weighted by Gasteiger charge is -2.17. The summed E-state index contributed by atoms with van der Waals surface area (Å²) in [7, 11) is -1.09. The molecule has 5 nitrogen and oxygen atoms in total. The van der Waals surface area contributed by atoms with E-state index in [1.165, 1.54) is 19.2 Å². The van der Waals surface area contributed by atoms with Gasteiger partial charge in [-0.25, -0.2) is 25.9 Å². The zero-order valence-corrected chi connectivity index (χ0v) is 16.8. The summed E-state index contributed by atoms with van der Waals surface area (Å²) in [5, 5.41) is 4.38. The summed E-state index contributed by atoms with van der Waals surface area (Å²) in [6.45, 7) is 0.101. The van der Waals surface area contributed by atoms with E-state index in [9.17, 15) is 21.6 Å². The minimum atomic E-state index is -4.15. The second-order valence-electron chi connectivity index (χ2n) is 6.66. The van der Waals surface area contributed by atoms with Crippen molar-refractivity contribution in [2.75, 3.05) is 13.6 Å². The molecule has 0 aliphatic carbocycles. The van der Waals surface area contributed by atoms with Crippen molar-refractivity contribution in [3.8, 4) is 11.3 Å². The van der Waals surface area contributed by atoms with Crippen molar-refractivity contribution in [3.63, 3.8) is 0 Å². The maximum absolute atomic E-state index is 13.8. The lowest BCUT2D eigenvalue weighted by atomic mass is 10.1. The molecule has 154 valence electrons. The summed E-state index contributed by atoms with van der Waals surface area (Å²) in [4.78, 5) is -0.689. The van der Waals surface area contributed by atoms with Crippen LogP contribution in [0.3, 0.4) is 0 Å². The molecule has 2 aromatic carbocycles. The number of sulfonamides is 1. The number of halogens is 3. The zero-order valence-electron chi connectivity index (χ0n) is 15.9. The number of benzene rings is 2. The van der Waals surface area contributed by atoms with Crippen molar-refractivity contribution < 1.29 is 21.6 Å². The summed E-state index contributed by atoms with van der Waals surface area (Å²) < 4.78 is 68.2. The molecule has 1 aromatic heterocycles.